The number of nitrogens with zero attached hydrogens (tertiary/aromatic N) is 3. The third-order valence-corrected chi connectivity index (χ3v) is 5.59. The van der Waals surface area contributed by atoms with Gasteiger partial charge >= 0.3 is 0 Å². The Morgan fingerprint density at radius 3 is 2.63 bits per heavy atom. The summed E-state index contributed by atoms with van der Waals surface area (Å²) in [7, 11) is 0. The number of furan rings is 1. The number of thiazole rings is 1. The van der Waals surface area contributed by atoms with E-state index in [0.717, 1.165) is 29.2 Å². The van der Waals surface area contributed by atoms with Crippen LogP contribution in [0.2, 0.25) is 0 Å². The number of anilines is 1. The van der Waals surface area contributed by atoms with Gasteiger partial charge in [0.25, 0.3) is 5.91 Å². The van der Waals surface area contributed by atoms with Gasteiger partial charge in [-0.05, 0) is 50.2 Å². The molecule has 0 fully saturated rings. The molecule has 0 aliphatic heterocycles. The van der Waals surface area contributed by atoms with Crippen molar-refractivity contribution in [2.45, 2.75) is 20.4 Å². The van der Waals surface area contributed by atoms with Crippen molar-refractivity contribution in [1.82, 2.24) is 9.97 Å². The lowest BCUT2D eigenvalue weighted by Crippen LogP contribution is -2.31. The first-order chi connectivity index (χ1) is 14.4. The molecule has 0 saturated carbocycles. The summed E-state index contributed by atoms with van der Waals surface area (Å²) in [5.74, 6) is -0.704. The van der Waals surface area contributed by atoms with Crippen molar-refractivity contribution in [3.63, 3.8) is 0 Å². The molecule has 5 nitrogen and oxygen atoms in total. The fourth-order valence-electron chi connectivity index (χ4n) is 2.99. The van der Waals surface area contributed by atoms with Crippen molar-refractivity contribution < 1.29 is 18.0 Å². The smallest absolute Gasteiger partial charge is 0.270 e. The summed E-state index contributed by atoms with van der Waals surface area (Å²) < 4.78 is 33.6. The molecule has 4 aromatic rings. The quantitative estimate of drug-likeness (QED) is 0.421. The van der Waals surface area contributed by atoms with Crippen LogP contribution in [0, 0.1) is 25.5 Å². The van der Waals surface area contributed by atoms with Crippen LogP contribution in [0.5, 0.6) is 0 Å². The van der Waals surface area contributed by atoms with Gasteiger partial charge < -0.3 is 4.42 Å². The molecule has 4 rings (SSSR count). The largest absolute Gasteiger partial charge is 0.459 e. The molecule has 3 heterocycles. The number of hydrogen-bond acceptors (Lipinski definition) is 5. The van der Waals surface area contributed by atoms with Crippen LogP contribution in [-0.4, -0.2) is 15.9 Å². The third-order valence-electron chi connectivity index (χ3n) is 4.43. The van der Waals surface area contributed by atoms with Crippen LogP contribution in [0.15, 0.2) is 59.1 Å². The Morgan fingerprint density at radius 1 is 1.13 bits per heavy atom. The zero-order chi connectivity index (χ0) is 21.3. The van der Waals surface area contributed by atoms with E-state index in [0.29, 0.717) is 27.0 Å². The standard InChI is InChI=1S/C22H17F2N3O2S/c1-13-6-9-19(29-13)21-26-14(2)20(30-21)22(28)27(12-16-5-3-4-10-25-16)18-8-7-15(23)11-17(18)24/h3-11H,12H2,1-2H3. The molecular formula is C22H17F2N3O2S. The van der Waals surface area contributed by atoms with Crippen LogP contribution in [-0.2, 0) is 6.54 Å². The maximum absolute atomic E-state index is 14.6. The SMILES string of the molecule is Cc1ccc(-c2nc(C)c(C(=O)N(Cc3ccccn3)c3ccc(F)cc3F)s2)o1. The minimum Gasteiger partial charge on any atom is -0.459 e. The van der Waals surface area contributed by atoms with Gasteiger partial charge in [-0.2, -0.15) is 0 Å². The van der Waals surface area contributed by atoms with E-state index < -0.39 is 17.5 Å². The van der Waals surface area contributed by atoms with Gasteiger partial charge in [0, 0.05) is 12.3 Å². The molecule has 1 amide bonds. The first kappa shape index (κ1) is 19.9. The number of amides is 1. The fraction of sp³-hybridized carbons (Fsp3) is 0.136. The van der Waals surface area contributed by atoms with Gasteiger partial charge in [-0.15, -0.1) is 11.3 Å². The Labute approximate surface area is 175 Å². The second-order valence-corrected chi connectivity index (χ2v) is 7.65. The summed E-state index contributed by atoms with van der Waals surface area (Å²) >= 11 is 1.16. The van der Waals surface area contributed by atoms with Gasteiger partial charge in [-0.1, -0.05) is 6.07 Å². The van der Waals surface area contributed by atoms with Crippen molar-refractivity contribution >= 4 is 22.9 Å². The van der Waals surface area contributed by atoms with E-state index >= 15 is 0 Å². The summed E-state index contributed by atoms with van der Waals surface area (Å²) in [6.45, 7) is 3.56. The summed E-state index contributed by atoms with van der Waals surface area (Å²) in [5, 5.41) is 0.557. The highest BCUT2D eigenvalue weighted by Crippen LogP contribution is 2.32. The van der Waals surface area contributed by atoms with E-state index in [2.05, 4.69) is 9.97 Å². The van der Waals surface area contributed by atoms with Crippen molar-refractivity contribution in [2.24, 2.45) is 0 Å². The van der Waals surface area contributed by atoms with Gasteiger partial charge in [-0.25, -0.2) is 13.8 Å². The molecule has 0 radical (unpaired) electrons. The van der Waals surface area contributed by atoms with Crippen LogP contribution in [0.4, 0.5) is 14.5 Å². The van der Waals surface area contributed by atoms with Crippen molar-refractivity contribution in [1.29, 1.82) is 0 Å². The zero-order valence-electron chi connectivity index (χ0n) is 16.2. The molecule has 0 bridgehead atoms. The number of hydrogen-bond donors (Lipinski definition) is 0. The molecule has 0 spiro atoms. The highest BCUT2D eigenvalue weighted by Gasteiger charge is 2.26. The fourth-order valence-corrected chi connectivity index (χ4v) is 3.97. The third kappa shape index (κ3) is 3.99. The molecule has 3 aromatic heterocycles. The highest BCUT2D eigenvalue weighted by atomic mass is 32.1. The normalized spacial score (nSPS) is 10.9. The molecule has 30 heavy (non-hydrogen) atoms. The number of pyridine rings is 1. The lowest BCUT2D eigenvalue weighted by atomic mass is 10.2. The van der Waals surface area contributed by atoms with Crippen LogP contribution in [0.25, 0.3) is 10.8 Å². The molecule has 0 unspecified atom stereocenters. The molecule has 0 aliphatic rings. The average Bonchev–Trinajstić information content (AvgIpc) is 3.32. The molecule has 0 atom stereocenters. The molecule has 152 valence electrons. The van der Waals surface area contributed by atoms with E-state index in [1.165, 1.54) is 11.0 Å². The Morgan fingerprint density at radius 2 is 1.97 bits per heavy atom. The van der Waals surface area contributed by atoms with Gasteiger partial charge in [0.05, 0.1) is 23.6 Å². The predicted molar refractivity (Wildman–Crippen MR) is 110 cm³/mol. The second-order valence-electron chi connectivity index (χ2n) is 6.65. The average molecular weight is 425 g/mol. The van der Waals surface area contributed by atoms with Crippen LogP contribution in [0.3, 0.4) is 0 Å². The van der Waals surface area contributed by atoms with E-state index in [9.17, 15) is 13.6 Å². The molecule has 0 aliphatic carbocycles. The Balaban J connectivity index is 1.75. The van der Waals surface area contributed by atoms with E-state index in [-0.39, 0.29) is 12.2 Å². The number of rotatable bonds is 5. The second kappa shape index (κ2) is 8.16. The molecule has 8 heteroatoms. The van der Waals surface area contributed by atoms with Crippen LogP contribution < -0.4 is 4.90 Å². The number of carbonyl (C=O) groups excluding carboxylic acids is 1. The van der Waals surface area contributed by atoms with Crippen molar-refractivity contribution in [3.8, 4) is 10.8 Å². The van der Waals surface area contributed by atoms with Gasteiger partial charge in [0.2, 0.25) is 0 Å². The Hall–Kier alpha value is -3.39. The summed E-state index contributed by atoms with van der Waals surface area (Å²) in [6.07, 6.45) is 1.59. The first-order valence-electron chi connectivity index (χ1n) is 9.13. The number of aryl methyl sites for hydroxylation is 2. The number of aromatic nitrogens is 2. The first-order valence-corrected chi connectivity index (χ1v) is 9.95. The minimum atomic E-state index is -0.830. The molecule has 1 aromatic carbocycles. The van der Waals surface area contributed by atoms with Crippen molar-refractivity contribution in [3.05, 3.63) is 88.4 Å². The molecule has 0 saturated heterocycles. The maximum atomic E-state index is 14.6. The summed E-state index contributed by atoms with van der Waals surface area (Å²) in [5.41, 5.74) is 1.04. The van der Waals surface area contributed by atoms with Crippen LogP contribution in [0.1, 0.15) is 26.8 Å². The summed E-state index contributed by atoms with van der Waals surface area (Å²) in [6, 6.07) is 12.0. The van der Waals surface area contributed by atoms with E-state index in [1.807, 2.05) is 13.0 Å². The number of halogens is 2. The minimum absolute atomic E-state index is 0.0226. The lowest BCUT2D eigenvalue weighted by Gasteiger charge is -2.22. The Bertz CT molecular complexity index is 1200. The van der Waals surface area contributed by atoms with Gasteiger partial charge in [-0.3, -0.25) is 14.7 Å². The highest BCUT2D eigenvalue weighted by molar-refractivity contribution is 7.17. The molecular weight excluding hydrogens is 408 g/mol. The zero-order valence-corrected chi connectivity index (χ0v) is 17.0. The predicted octanol–water partition coefficient (Wildman–Crippen LogP) is 5.54. The van der Waals surface area contributed by atoms with Gasteiger partial charge in [0.1, 0.15) is 22.3 Å². The van der Waals surface area contributed by atoms with Crippen LogP contribution >= 0.6 is 11.3 Å². The number of benzene rings is 1. The van der Waals surface area contributed by atoms with E-state index in [1.54, 1.807) is 37.4 Å². The Kier molecular flexibility index (Phi) is 5.41. The van der Waals surface area contributed by atoms with E-state index in [4.69, 9.17) is 4.42 Å². The number of carbonyl (C=O) groups is 1. The molecule has 0 N–H and O–H groups in total. The lowest BCUT2D eigenvalue weighted by molar-refractivity contribution is 0.0987. The van der Waals surface area contributed by atoms with Gasteiger partial charge in [0.15, 0.2) is 10.8 Å². The van der Waals surface area contributed by atoms with Crippen molar-refractivity contribution in [2.75, 3.05) is 4.90 Å². The maximum Gasteiger partial charge on any atom is 0.270 e. The summed E-state index contributed by atoms with van der Waals surface area (Å²) in [4.78, 5) is 23.7. The monoisotopic (exact) mass is 425 g/mol. The topological polar surface area (TPSA) is 59.2 Å².